The number of fused-ring (bicyclic) bond motifs is 1. The van der Waals surface area contributed by atoms with E-state index in [2.05, 4.69) is 10.3 Å². The molecule has 6 heteroatoms. The van der Waals surface area contributed by atoms with Gasteiger partial charge in [0.05, 0.1) is 10.6 Å². The summed E-state index contributed by atoms with van der Waals surface area (Å²) in [6.45, 7) is 1.86. The second kappa shape index (κ2) is 5.42. The Bertz CT molecular complexity index is 847. The van der Waals surface area contributed by atoms with Crippen molar-refractivity contribution in [2.75, 3.05) is 5.32 Å². The van der Waals surface area contributed by atoms with Crippen molar-refractivity contribution in [3.05, 3.63) is 57.9 Å². The molecule has 21 heavy (non-hydrogen) atoms. The predicted octanol–water partition coefficient (Wildman–Crippen LogP) is 4.65. The highest BCUT2D eigenvalue weighted by atomic mass is 35.5. The van der Waals surface area contributed by atoms with Crippen LogP contribution < -0.4 is 5.32 Å². The molecule has 2 heterocycles. The maximum atomic E-state index is 13.2. The van der Waals surface area contributed by atoms with Gasteiger partial charge < -0.3 is 5.32 Å². The number of nitrogens with one attached hydrogen (secondary N) is 1. The Morgan fingerprint density at radius 2 is 2.14 bits per heavy atom. The molecule has 106 valence electrons. The van der Waals surface area contributed by atoms with Crippen molar-refractivity contribution >= 4 is 44.6 Å². The van der Waals surface area contributed by atoms with Crippen LogP contribution in [0.2, 0.25) is 5.15 Å². The first kappa shape index (κ1) is 14.0. The second-order valence-electron chi connectivity index (χ2n) is 4.60. The van der Waals surface area contributed by atoms with Gasteiger partial charge in [-0.1, -0.05) is 17.7 Å². The van der Waals surface area contributed by atoms with Crippen LogP contribution in [0.25, 0.3) is 10.1 Å². The molecule has 0 bridgehead atoms. The largest absolute Gasteiger partial charge is 0.319 e. The summed E-state index contributed by atoms with van der Waals surface area (Å²) in [5.41, 5.74) is 1.36. The van der Waals surface area contributed by atoms with E-state index in [-0.39, 0.29) is 16.9 Å². The van der Waals surface area contributed by atoms with Crippen molar-refractivity contribution in [2.24, 2.45) is 0 Å². The average Bonchev–Trinajstić information content (AvgIpc) is 2.86. The fraction of sp³-hybridized carbons (Fsp3) is 0.0667. The Balaban J connectivity index is 1.91. The summed E-state index contributed by atoms with van der Waals surface area (Å²) in [5.74, 6) is -0.604. The number of hydrogen-bond donors (Lipinski definition) is 1. The first-order valence-corrected chi connectivity index (χ1v) is 7.35. The lowest BCUT2D eigenvalue weighted by Gasteiger charge is -2.05. The first-order valence-electron chi connectivity index (χ1n) is 6.15. The van der Waals surface area contributed by atoms with Gasteiger partial charge in [-0.05, 0) is 42.1 Å². The number of rotatable bonds is 2. The lowest BCUT2D eigenvalue weighted by atomic mass is 10.2. The summed E-state index contributed by atoms with van der Waals surface area (Å²) in [5, 5.41) is 3.80. The Kier molecular flexibility index (Phi) is 3.61. The van der Waals surface area contributed by atoms with E-state index in [1.54, 1.807) is 24.4 Å². The predicted molar refractivity (Wildman–Crippen MR) is 83.7 cm³/mol. The van der Waals surface area contributed by atoms with Gasteiger partial charge in [0.25, 0.3) is 5.91 Å². The van der Waals surface area contributed by atoms with Crippen LogP contribution in [-0.2, 0) is 0 Å². The lowest BCUT2D eigenvalue weighted by Crippen LogP contribution is -2.11. The van der Waals surface area contributed by atoms with E-state index in [0.717, 1.165) is 15.6 Å². The second-order valence-corrected chi connectivity index (χ2v) is 6.04. The highest BCUT2D eigenvalue weighted by molar-refractivity contribution is 7.20. The quantitative estimate of drug-likeness (QED) is 0.698. The summed E-state index contributed by atoms with van der Waals surface area (Å²) in [6, 6.07) is 7.92. The maximum absolute atomic E-state index is 13.2. The van der Waals surface area contributed by atoms with Crippen molar-refractivity contribution in [3.63, 3.8) is 0 Å². The molecule has 3 rings (SSSR count). The number of aryl methyl sites for hydroxylation is 1. The molecule has 3 aromatic rings. The highest BCUT2D eigenvalue weighted by Gasteiger charge is 2.13. The molecule has 0 fully saturated rings. The molecule has 1 N–H and O–H groups in total. The number of aromatic nitrogens is 1. The normalized spacial score (nSPS) is 10.8. The van der Waals surface area contributed by atoms with Gasteiger partial charge in [0.1, 0.15) is 5.82 Å². The number of benzene rings is 1. The average molecular weight is 321 g/mol. The zero-order valence-corrected chi connectivity index (χ0v) is 12.6. The van der Waals surface area contributed by atoms with Gasteiger partial charge in [-0.25, -0.2) is 9.37 Å². The van der Waals surface area contributed by atoms with Crippen molar-refractivity contribution in [3.8, 4) is 0 Å². The Hall–Kier alpha value is -1.98. The molecule has 0 saturated heterocycles. The monoisotopic (exact) mass is 320 g/mol. The smallest absolute Gasteiger partial charge is 0.265 e. The molecule has 0 radical (unpaired) electrons. The summed E-state index contributed by atoms with van der Waals surface area (Å²) < 4.78 is 13.9. The highest BCUT2D eigenvalue weighted by Crippen LogP contribution is 2.28. The summed E-state index contributed by atoms with van der Waals surface area (Å²) in [4.78, 5) is 16.7. The summed E-state index contributed by atoms with van der Waals surface area (Å²) in [6.07, 6.45) is 1.63. The van der Waals surface area contributed by atoms with Crippen LogP contribution in [0.4, 0.5) is 10.1 Å². The van der Waals surface area contributed by atoms with Crippen molar-refractivity contribution in [1.82, 2.24) is 4.98 Å². The Morgan fingerprint density at radius 3 is 2.95 bits per heavy atom. The first-order chi connectivity index (χ1) is 10.0. The number of pyridine rings is 1. The minimum absolute atomic E-state index is 0.237. The van der Waals surface area contributed by atoms with Gasteiger partial charge in [0, 0.05) is 10.9 Å². The van der Waals surface area contributed by atoms with E-state index in [9.17, 15) is 9.18 Å². The number of halogens is 2. The maximum Gasteiger partial charge on any atom is 0.265 e. The number of anilines is 1. The van der Waals surface area contributed by atoms with E-state index in [1.165, 1.54) is 23.5 Å². The van der Waals surface area contributed by atoms with Gasteiger partial charge in [-0.2, -0.15) is 0 Å². The molecule has 0 aliphatic carbocycles. The molecular formula is C15H10ClFN2OS. The topological polar surface area (TPSA) is 42.0 Å². The lowest BCUT2D eigenvalue weighted by molar-refractivity contribution is 0.103. The number of hydrogen-bond acceptors (Lipinski definition) is 3. The number of thiophene rings is 1. The van der Waals surface area contributed by atoms with Crippen molar-refractivity contribution in [2.45, 2.75) is 6.92 Å². The molecule has 2 aromatic heterocycles. The van der Waals surface area contributed by atoms with Crippen LogP contribution in [0, 0.1) is 12.7 Å². The van der Waals surface area contributed by atoms with Gasteiger partial charge in [0.2, 0.25) is 0 Å². The number of nitrogens with zero attached hydrogens (tertiary/aromatic N) is 1. The van der Waals surface area contributed by atoms with E-state index in [4.69, 9.17) is 11.6 Å². The fourth-order valence-electron chi connectivity index (χ4n) is 1.94. The van der Waals surface area contributed by atoms with Crippen LogP contribution >= 0.6 is 22.9 Å². The molecular weight excluding hydrogens is 311 g/mol. The molecule has 0 aliphatic heterocycles. The molecule has 1 amide bonds. The SMILES string of the molecule is Cc1cnc(Cl)c(NC(=O)c2cc3ccc(F)cc3s2)c1. The molecule has 0 unspecified atom stereocenters. The van der Waals surface area contributed by atoms with Crippen LogP contribution in [0.5, 0.6) is 0 Å². The zero-order valence-electron chi connectivity index (χ0n) is 11.0. The third-order valence-corrected chi connectivity index (χ3v) is 4.33. The van der Waals surface area contributed by atoms with Gasteiger partial charge in [0.15, 0.2) is 5.15 Å². The molecule has 0 aliphatic rings. The molecule has 1 aromatic carbocycles. The molecule has 0 spiro atoms. The number of carbonyl (C=O) groups excluding carboxylic acids is 1. The molecule has 0 saturated carbocycles. The molecule has 0 atom stereocenters. The van der Waals surface area contributed by atoms with E-state index in [0.29, 0.717) is 10.6 Å². The number of amides is 1. The Morgan fingerprint density at radius 1 is 1.33 bits per heavy atom. The third-order valence-electron chi connectivity index (χ3n) is 2.93. The van der Waals surface area contributed by atoms with Gasteiger partial charge in [-0.3, -0.25) is 4.79 Å². The van der Waals surface area contributed by atoms with E-state index < -0.39 is 0 Å². The summed E-state index contributed by atoms with van der Waals surface area (Å²) in [7, 11) is 0. The minimum Gasteiger partial charge on any atom is -0.319 e. The molecule has 3 nitrogen and oxygen atoms in total. The van der Waals surface area contributed by atoms with Crippen LogP contribution in [-0.4, -0.2) is 10.9 Å². The third kappa shape index (κ3) is 2.89. The van der Waals surface area contributed by atoms with Crippen LogP contribution in [0.3, 0.4) is 0 Å². The van der Waals surface area contributed by atoms with Crippen LogP contribution in [0.15, 0.2) is 36.5 Å². The zero-order chi connectivity index (χ0) is 15.0. The van der Waals surface area contributed by atoms with E-state index >= 15 is 0 Å². The van der Waals surface area contributed by atoms with Gasteiger partial charge in [-0.15, -0.1) is 11.3 Å². The Labute approximate surface area is 129 Å². The van der Waals surface area contributed by atoms with Crippen molar-refractivity contribution in [1.29, 1.82) is 0 Å². The minimum atomic E-state index is -0.317. The number of carbonyl (C=O) groups is 1. The summed E-state index contributed by atoms with van der Waals surface area (Å²) >= 11 is 7.19. The van der Waals surface area contributed by atoms with Crippen LogP contribution in [0.1, 0.15) is 15.2 Å². The van der Waals surface area contributed by atoms with E-state index in [1.807, 2.05) is 6.92 Å². The van der Waals surface area contributed by atoms with Gasteiger partial charge >= 0.3 is 0 Å². The van der Waals surface area contributed by atoms with Crippen molar-refractivity contribution < 1.29 is 9.18 Å². The standard InChI is InChI=1S/C15H10ClFN2OS/c1-8-4-11(14(16)18-7-8)19-15(20)13-5-9-2-3-10(17)6-12(9)21-13/h2-7H,1H3,(H,19,20). The fourth-order valence-corrected chi connectivity index (χ4v) is 3.07.